The summed E-state index contributed by atoms with van der Waals surface area (Å²) in [4.78, 5) is 6.00. The number of likely N-dealkylation sites (tertiary alicyclic amines) is 1. The van der Waals surface area contributed by atoms with Crippen molar-refractivity contribution in [2.24, 2.45) is 0 Å². The molecule has 2 aromatic rings. The van der Waals surface area contributed by atoms with Crippen LogP contribution in [-0.2, 0) is 24.1 Å². The fourth-order valence-electron chi connectivity index (χ4n) is 3.04. The molecule has 1 aromatic carbocycles. The molecule has 0 amide bonds. The molecule has 3 rings (SSSR count). The first-order chi connectivity index (χ1) is 11.9. The number of nitrogens with zero attached hydrogens (tertiary/aromatic N) is 3. The van der Waals surface area contributed by atoms with E-state index in [2.05, 4.69) is 10.1 Å². The largest absolute Gasteiger partial charge is 0.416 e. The molecule has 6 nitrogen and oxygen atoms in total. The number of halogens is 3. The third-order valence-electron chi connectivity index (χ3n) is 4.10. The Labute approximate surface area is 142 Å². The van der Waals surface area contributed by atoms with Crippen molar-refractivity contribution in [1.29, 1.82) is 0 Å². The standard InChI is InChI=1S/C16H18F3N3O3/c1-24-9-14-20-15(25-21-14)8-22-7-12(23)6-13(22)10-3-2-4-11(5-10)16(17,18)19/h2-5,12-13,23H,6-9H2,1H3/t12-,13+/m0/s1. The number of aliphatic hydroxyl groups excluding tert-OH is 1. The lowest BCUT2D eigenvalue weighted by Crippen LogP contribution is -2.24. The fraction of sp³-hybridized carbons (Fsp3) is 0.500. The summed E-state index contributed by atoms with van der Waals surface area (Å²) in [6.07, 6.45) is -4.68. The van der Waals surface area contributed by atoms with Crippen molar-refractivity contribution in [3.8, 4) is 0 Å². The SMILES string of the molecule is COCc1noc(CN2C[C@@H](O)C[C@@H]2c2cccc(C(F)(F)F)c2)n1. The van der Waals surface area contributed by atoms with E-state index in [-0.39, 0.29) is 19.2 Å². The van der Waals surface area contributed by atoms with Crippen LogP contribution in [0.3, 0.4) is 0 Å². The molecule has 2 heterocycles. The van der Waals surface area contributed by atoms with Crippen LogP contribution in [0.2, 0.25) is 0 Å². The highest BCUT2D eigenvalue weighted by Gasteiger charge is 2.35. The van der Waals surface area contributed by atoms with Gasteiger partial charge in [-0.2, -0.15) is 18.2 Å². The Kier molecular flexibility index (Phi) is 5.07. The molecule has 0 spiro atoms. The van der Waals surface area contributed by atoms with Crippen molar-refractivity contribution in [2.45, 2.75) is 37.9 Å². The smallest absolute Gasteiger partial charge is 0.392 e. The molecule has 9 heteroatoms. The van der Waals surface area contributed by atoms with Crippen LogP contribution in [0.15, 0.2) is 28.8 Å². The number of aliphatic hydroxyl groups is 1. The maximum absolute atomic E-state index is 12.9. The van der Waals surface area contributed by atoms with Crippen molar-refractivity contribution in [3.05, 3.63) is 47.1 Å². The van der Waals surface area contributed by atoms with E-state index in [1.165, 1.54) is 13.2 Å². The summed E-state index contributed by atoms with van der Waals surface area (Å²) in [5.74, 6) is 0.728. The zero-order chi connectivity index (χ0) is 18.0. The van der Waals surface area contributed by atoms with E-state index in [4.69, 9.17) is 9.26 Å². The number of benzene rings is 1. The van der Waals surface area contributed by atoms with Gasteiger partial charge < -0.3 is 14.4 Å². The highest BCUT2D eigenvalue weighted by molar-refractivity contribution is 5.29. The molecule has 25 heavy (non-hydrogen) atoms. The number of alkyl halides is 3. The molecule has 1 saturated heterocycles. The average Bonchev–Trinajstić information content (AvgIpc) is 3.14. The minimum atomic E-state index is -4.40. The lowest BCUT2D eigenvalue weighted by atomic mass is 10.0. The minimum Gasteiger partial charge on any atom is -0.392 e. The second-order valence-corrected chi connectivity index (χ2v) is 6.00. The normalized spacial score (nSPS) is 21.8. The van der Waals surface area contributed by atoms with Gasteiger partial charge >= 0.3 is 6.18 Å². The second kappa shape index (κ2) is 7.11. The Balaban J connectivity index is 1.79. The number of ether oxygens (including phenoxy) is 1. The number of hydrogen-bond donors (Lipinski definition) is 1. The summed E-state index contributed by atoms with van der Waals surface area (Å²) in [7, 11) is 1.51. The number of hydrogen-bond acceptors (Lipinski definition) is 6. The second-order valence-electron chi connectivity index (χ2n) is 6.00. The molecule has 1 N–H and O–H groups in total. The third-order valence-corrected chi connectivity index (χ3v) is 4.10. The van der Waals surface area contributed by atoms with Gasteiger partial charge in [0.1, 0.15) is 6.61 Å². The molecule has 0 bridgehead atoms. The molecule has 0 unspecified atom stereocenters. The number of rotatable bonds is 5. The van der Waals surface area contributed by atoms with Crippen molar-refractivity contribution in [3.63, 3.8) is 0 Å². The zero-order valence-corrected chi connectivity index (χ0v) is 13.5. The first-order valence-electron chi connectivity index (χ1n) is 7.76. The van der Waals surface area contributed by atoms with Crippen molar-refractivity contribution in [2.75, 3.05) is 13.7 Å². The van der Waals surface area contributed by atoms with Gasteiger partial charge in [0.15, 0.2) is 5.82 Å². The average molecular weight is 357 g/mol. The topological polar surface area (TPSA) is 71.6 Å². The van der Waals surface area contributed by atoms with Crippen LogP contribution in [0.25, 0.3) is 0 Å². The summed E-state index contributed by atoms with van der Waals surface area (Å²) >= 11 is 0. The van der Waals surface area contributed by atoms with Crippen molar-refractivity contribution in [1.82, 2.24) is 15.0 Å². The van der Waals surface area contributed by atoms with Gasteiger partial charge in [0.2, 0.25) is 5.89 Å². The lowest BCUT2D eigenvalue weighted by molar-refractivity contribution is -0.137. The van der Waals surface area contributed by atoms with Gasteiger partial charge in [0.25, 0.3) is 0 Å². The van der Waals surface area contributed by atoms with Crippen LogP contribution in [0.5, 0.6) is 0 Å². The molecule has 0 radical (unpaired) electrons. The maximum Gasteiger partial charge on any atom is 0.416 e. The van der Waals surface area contributed by atoms with E-state index in [1.807, 2.05) is 4.90 Å². The summed E-state index contributed by atoms with van der Waals surface area (Å²) in [6, 6.07) is 4.82. The van der Waals surface area contributed by atoms with Gasteiger partial charge in [-0.3, -0.25) is 4.90 Å². The number of aromatic nitrogens is 2. The summed E-state index contributed by atoms with van der Waals surface area (Å²) < 4.78 is 48.9. The van der Waals surface area contributed by atoms with Crippen LogP contribution in [0.4, 0.5) is 13.2 Å². The molecule has 1 aliphatic rings. The van der Waals surface area contributed by atoms with Crippen LogP contribution >= 0.6 is 0 Å². The molecule has 1 aromatic heterocycles. The Morgan fingerprint density at radius 1 is 1.40 bits per heavy atom. The molecular weight excluding hydrogens is 339 g/mol. The fourth-order valence-corrected chi connectivity index (χ4v) is 3.04. The molecule has 2 atom stereocenters. The molecule has 0 saturated carbocycles. The summed E-state index contributed by atoms with van der Waals surface area (Å²) in [5.41, 5.74) is -0.200. The minimum absolute atomic E-state index is 0.211. The van der Waals surface area contributed by atoms with Crippen LogP contribution < -0.4 is 0 Å². The Hall–Kier alpha value is -1.97. The van der Waals surface area contributed by atoms with E-state index >= 15 is 0 Å². The van der Waals surface area contributed by atoms with E-state index in [9.17, 15) is 18.3 Å². The number of β-amino-alcohol motifs (C(OH)–C–C–N with tert-alkyl or cyclic N) is 1. The van der Waals surface area contributed by atoms with Crippen molar-refractivity contribution >= 4 is 0 Å². The van der Waals surface area contributed by atoms with Crippen molar-refractivity contribution < 1.29 is 27.5 Å². The molecule has 1 aliphatic heterocycles. The number of methoxy groups -OCH3 is 1. The van der Waals surface area contributed by atoms with Gasteiger partial charge in [-0.05, 0) is 24.1 Å². The van der Waals surface area contributed by atoms with Gasteiger partial charge in [-0.15, -0.1) is 0 Å². The van der Waals surface area contributed by atoms with Gasteiger partial charge in [-0.1, -0.05) is 17.3 Å². The predicted molar refractivity (Wildman–Crippen MR) is 80.2 cm³/mol. The maximum atomic E-state index is 12.9. The third kappa shape index (κ3) is 4.17. The molecule has 1 fully saturated rings. The summed E-state index contributed by atoms with van der Waals surface area (Å²) in [6.45, 7) is 0.779. The highest BCUT2D eigenvalue weighted by Crippen LogP contribution is 2.36. The van der Waals surface area contributed by atoms with Crippen LogP contribution in [0, 0.1) is 0 Å². The highest BCUT2D eigenvalue weighted by atomic mass is 19.4. The monoisotopic (exact) mass is 357 g/mol. The Bertz CT molecular complexity index is 720. The quantitative estimate of drug-likeness (QED) is 0.887. The Morgan fingerprint density at radius 3 is 2.92 bits per heavy atom. The molecular formula is C16H18F3N3O3. The van der Waals surface area contributed by atoms with E-state index in [0.717, 1.165) is 12.1 Å². The van der Waals surface area contributed by atoms with Gasteiger partial charge in [0.05, 0.1) is 18.2 Å². The zero-order valence-electron chi connectivity index (χ0n) is 13.5. The summed E-state index contributed by atoms with van der Waals surface area (Å²) in [5, 5.41) is 13.7. The predicted octanol–water partition coefficient (Wildman–Crippen LogP) is 2.54. The molecule has 136 valence electrons. The first-order valence-corrected chi connectivity index (χ1v) is 7.76. The van der Waals surface area contributed by atoms with E-state index < -0.39 is 17.8 Å². The van der Waals surface area contributed by atoms with Crippen LogP contribution in [-0.4, -0.2) is 39.9 Å². The first kappa shape index (κ1) is 17.8. The van der Waals surface area contributed by atoms with Gasteiger partial charge in [-0.25, -0.2) is 0 Å². The van der Waals surface area contributed by atoms with E-state index in [0.29, 0.717) is 30.2 Å². The lowest BCUT2D eigenvalue weighted by Gasteiger charge is -2.23. The van der Waals surface area contributed by atoms with E-state index in [1.54, 1.807) is 6.07 Å². The van der Waals surface area contributed by atoms with Crippen LogP contribution in [0.1, 0.15) is 35.3 Å². The Morgan fingerprint density at radius 2 is 2.20 bits per heavy atom. The van der Waals surface area contributed by atoms with Gasteiger partial charge in [0, 0.05) is 19.7 Å². The molecule has 0 aliphatic carbocycles.